The number of piperidine rings is 1. The summed E-state index contributed by atoms with van der Waals surface area (Å²) in [5.74, 6) is 0.758. The standard InChI is InChI=1S/C15H18N4O2/c20-15(12-19-9-3-8-17-19)18-10-5-13(6-11-18)21-14-4-1-2-7-16-14/h1-4,7-9,13H,5-6,10-12H2. The molecule has 0 atom stereocenters. The molecule has 1 fully saturated rings. The lowest BCUT2D eigenvalue weighted by Crippen LogP contribution is -2.43. The lowest BCUT2D eigenvalue weighted by molar-refractivity contribution is -0.133. The van der Waals surface area contributed by atoms with Gasteiger partial charge in [0.15, 0.2) is 0 Å². The van der Waals surface area contributed by atoms with Crippen LogP contribution >= 0.6 is 0 Å². The molecular weight excluding hydrogens is 268 g/mol. The van der Waals surface area contributed by atoms with Gasteiger partial charge >= 0.3 is 0 Å². The molecule has 6 nitrogen and oxygen atoms in total. The smallest absolute Gasteiger partial charge is 0.244 e. The first-order chi connectivity index (χ1) is 10.3. The van der Waals surface area contributed by atoms with Crippen molar-refractivity contribution in [1.82, 2.24) is 19.7 Å². The molecule has 0 saturated carbocycles. The summed E-state index contributed by atoms with van der Waals surface area (Å²) in [7, 11) is 0. The van der Waals surface area contributed by atoms with Gasteiger partial charge in [-0.05, 0) is 12.1 Å². The Kier molecular flexibility index (Phi) is 4.14. The second-order valence-corrected chi connectivity index (χ2v) is 5.07. The number of hydrogen-bond acceptors (Lipinski definition) is 4. The molecule has 0 radical (unpaired) electrons. The van der Waals surface area contributed by atoms with Gasteiger partial charge in [-0.1, -0.05) is 6.07 Å². The molecule has 1 aliphatic rings. The largest absolute Gasteiger partial charge is 0.474 e. The molecule has 1 aliphatic heterocycles. The molecule has 3 heterocycles. The van der Waals surface area contributed by atoms with Gasteiger partial charge in [0, 0.05) is 50.6 Å². The minimum Gasteiger partial charge on any atom is -0.474 e. The number of nitrogens with zero attached hydrogens (tertiary/aromatic N) is 4. The summed E-state index contributed by atoms with van der Waals surface area (Å²) in [5, 5.41) is 4.06. The summed E-state index contributed by atoms with van der Waals surface area (Å²) in [6.07, 6.45) is 7.00. The number of aromatic nitrogens is 3. The number of rotatable bonds is 4. The highest BCUT2D eigenvalue weighted by Crippen LogP contribution is 2.17. The number of amides is 1. The normalized spacial score (nSPS) is 15.9. The fraction of sp³-hybridized carbons (Fsp3) is 0.400. The van der Waals surface area contributed by atoms with Crippen LogP contribution < -0.4 is 4.74 Å². The number of carbonyl (C=O) groups excluding carboxylic acids is 1. The van der Waals surface area contributed by atoms with E-state index >= 15 is 0 Å². The fourth-order valence-electron chi connectivity index (χ4n) is 2.44. The number of hydrogen-bond donors (Lipinski definition) is 0. The van der Waals surface area contributed by atoms with E-state index in [1.165, 1.54) is 0 Å². The van der Waals surface area contributed by atoms with Crippen molar-refractivity contribution in [1.29, 1.82) is 0 Å². The maximum absolute atomic E-state index is 12.1. The Morgan fingerprint density at radius 2 is 2.10 bits per heavy atom. The third-order valence-corrected chi connectivity index (χ3v) is 3.58. The Morgan fingerprint density at radius 3 is 2.76 bits per heavy atom. The van der Waals surface area contributed by atoms with Crippen LogP contribution in [0, 0.1) is 0 Å². The van der Waals surface area contributed by atoms with E-state index < -0.39 is 0 Å². The van der Waals surface area contributed by atoms with E-state index in [0.29, 0.717) is 12.4 Å². The van der Waals surface area contributed by atoms with Crippen LogP contribution in [0.2, 0.25) is 0 Å². The number of pyridine rings is 1. The molecule has 2 aromatic rings. The van der Waals surface area contributed by atoms with Crippen molar-refractivity contribution in [3.05, 3.63) is 42.9 Å². The molecule has 21 heavy (non-hydrogen) atoms. The predicted octanol–water partition coefficient (Wildman–Crippen LogP) is 1.35. The minimum absolute atomic E-state index is 0.106. The molecule has 2 aromatic heterocycles. The highest BCUT2D eigenvalue weighted by atomic mass is 16.5. The van der Waals surface area contributed by atoms with Crippen molar-refractivity contribution < 1.29 is 9.53 Å². The quantitative estimate of drug-likeness (QED) is 0.851. The van der Waals surface area contributed by atoms with E-state index in [9.17, 15) is 4.79 Å². The van der Waals surface area contributed by atoms with Crippen LogP contribution in [0.25, 0.3) is 0 Å². The monoisotopic (exact) mass is 286 g/mol. The van der Waals surface area contributed by atoms with Crippen LogP contribution in [0.1, 0.15) is 12.8 Å². The van der Waals surface area contributed by atoms with Crippen LogP contribution in [0.3, 0.4) is 0 Å². The average molecular weight is 286 g/mol. The van der Waals surface area contributed by atoms with Gasteiger partial charge < -0.3 is 9.64 Å². The topological polar surface area (TPSA) is 60.2 Å². The van der Waals surface area contributed by atoms with E-state index in [1.807, 2.05) is 29.2 Å². The van der Waals surface area contributed by atoms with E-state index in [0.717, 1.165) is 25.9 Å². The predicted molar refractivity (Wildman–Crippen MR) is 76.7 cm³/mol. The zero-order chi connectivity index (χ0) is 14.5. The summed E-state index contributed by atoms with van der Waals surface area (Å²) < 4.78 is 7.47. The summed E-state index contributed by atoms with van der Waals surface area (Å²) >= 11 is 0. The average Bonchev–Trinajstić information content (AvgIpc) is 3.02. The summed E-state index contributed by atoms with van der Waals surface area (Å²) in [6, 6.07) is 7.45. The lowest BCUT2D eigenvalue weighted by Gasteiger charge is -2.31. The molecule has 0 aromatic carbocycles. The highest BCUT2D eigenvalue weighted by molar-refractivity contribution is 5.76. The van der Waals surface area contributed by atoms with E-state index in [-0.39, 0.29) is 12.0 Å². The molecule has 110 valence electrons. The molecule has 0 N–H and O–H groups in total. The molecule has 6 heteroatoms. The summed E-state index contributed by atoms with van der Waals surface area (Å²) in [6.45, 7) is 1.74. The van der Waals surface area contributed by atoms with Gasteiger partial charge in [-0.2, -0.15) is 5.10 Å². The van der Waals surface area contributed by atoms with Gasteiger partial charge in [-0.15, -0.1) is 0 Å². The van der Waals surface area contributed by atoms with Gasteiger partial charge in [0.25, 0.3) is 0 Å². The molecular formula is C15H18N4O2. The molecule has 0 unspecified atom stereocenters. The fourth-order valence-corrected chi connectivity index (χ4v) is 2.44. The zero-order valence-electron chi connectivity index (χ0n) is 11.8. The Labute approximate surface area is 123 Å². The molecule has 1 saturated heterocycles. The van der Waals surface area contributed by atoms with E-state index in [1.54, 1.807) is 23.3 Å². The summed E-state index contributed by atoms with van der Waals surface area (Å²) in [5.41, 5.74) is 0. The van der Waals surface area contributed by atoms with Crippen molar-refractivity contribution in [3.63, 3.8) is 0 Å². The SMILES string of the molecule is O=C(Cn1cccn1)N1CCC(Oc2ccccn2)CC1. The Balaban J connectivity index is 1.47. The van der Waals surface area contributed by atoms with Crippen LogP contribution in [-0.2, 0) is 11.3 Å². The van der Waals surface area contributed by atoms with Gasteiger partial charge in [0.2, 0.25) is 11.8 Å². The van der Waals surface area contributed by atoms with Crippen molar-refractivity contribution in [2.45, 2.75) is 25.5 Å². The van der Waals surface area contributed by atoms with Crippen molar-refractivity contribution in [2.24, 2.45) is 0 Å². The Morgan fingerprint density at radius 1 is 1.24 bits per heavy atom. The second kappa shape index (κ2) is 6.39. The molecule has 0 aliphatic carbocycles. The Hall–Kier alpha value is -2.37. The first-order valence-corrected chi connectivity index (χ1v) is 7.14. The van der Waals surface area contributed by atoms with Crippen LogP contribution in [0.15, 0.2) is 42.9 Å². The highest BCUT2D eigenvalue weighted by Gasteiger charge is 2.24. The number of carbonyl (C=O) groups is 1. The van der Waals surface area contributed by atoms with E-state index in [2.05, 4.69) is 10.1 Å². The third kappa shape index (κ3) is 3.59. The first kappa shape index (κ1) is 13.6. The number of likely N-dealkylation sites (tertiary alicyclic amines) is 1. The van der Waals surface area contributed by atoms with Crippen molar-refractivity contribution in [3.8, 4) is 5.88 Å². The van der Waals surface area contributed by atoms with Crippen LogP contribution in [0.5, 0.6) is 5.88 Å². The molecule has 1 amide bonds. The van der Waals surface area contributed by atoms with Crippen molar-refractivity contribution in [2.75, 3.05) is 13.1 Å². The second-order valence-electron chi connectivity index (χ2n) is 5.07. The maximum atomic E-state index is 12.1. The van der Waals surface area contributed by atoms with Gasteiger partial charge in [-0.3, -0.25) is 9.48 Å². The molecule has 3 rings (SSSR count). The van der Waals surface area contributed by atoms with E-state index in [4.69, 9.17) is 4.74 Å². The first-order valence-electron chi connectivity index (χ1n) is 7.14. The molecule has 0 bridgehead atoms. The van der Waals surface area contributed by atoms with Gasteiger partial charge in [0.05, 0.1) is 0 Å². The van der Waals surface area contributed by atoms with Crippen molar-refractivity contribution >= 4 is 5.91 Å². The minimum atomic E-state index is 0.106. The van der Waals surface area contributed by atoms with Gasteiger partial charge in [-0.25, -0.2) is 4.98 Å². The zero-order valence-corrected chi connectivity index (χ0v) is 11.8. The maximum Gasteiger partial charge on any atom is 0.244 e. The summed E-state index contributed by atoms with van der Waals surface area (Å²) in [4.78, 5) is 18.2. The lowest BCUT2D eigenvalue weighted by atomic mass is 10.1. The Bertz CT molecular complexity index is 563. The molecule has 0 spiro atoms. The number of ether oxygens (including phenoxy) is 1. The van der Waals surface area contributed by atoms with Crippen LogP contribution in [0.4, 0.5) is 0 Å². The third-order valence-electron chi connectivity index (χ3n) is 3.58. The van der Waals surface area contributed by atoms with Crippen LogP contribution in [-0.4, -0.2) is 44.8 Å². The van der Waals surface area contributed by atoms with Gasteiger partial charge in [0.1, 0.15) is 12.6 Å².